The van der Waals surface area contributed by atoms with Gasteiger partial charge in [0.2, 0.25) is 0 Å². The summed E-state index contributed by atoms with van der Waals surface area (Å²) in [5.74, 6) is -0.630. The molecule has 0 spiro atoms. The molecule has 3 aromatic rings. The van der Waals surface area contributed by atoms with Crippen LogP contribution in [-0.4, -0.2) is 15.9 Å². The standard InChI is InChI=1S/C14H10FNO2S/c15-9-1-2-12-10(6-9)13(14(18)19-12)11(17)5-8-3-4-16-7-8/h1-4,6-7,16,18H,5H2. The number of H-pyrrole nitrogens is 1. The molecule has 0 saturated heterocycles. The van der Waals surface area contributed by atoms with Gasteiger partial charge in [0.05, 0.1) is 5.56 Å². The zero-order valence-corrected chi connectivity index (χ0v) is 10.6. The molecule has 0 amide bonds. The van der Waals surface area contributed by atoms with Crippen molar-refractivity contribution in [1.29, 1.82) is 0 Å². The molecule has 3 rings (SSSR count). The third-order valence-corrected chi connectivity index (χ3v) is 3.91. The Bertz CT molecular complexity index is 746. The molecule has 3 nitrogen and oxygen atoms in total. The lowest BCUT2D eigenvalue weighted by atomic mass is 10.0. The van der Waals surface area contributed by atoms with Crippen LogP contribution >= 0.6 is 11.3 Å². The lowest BCUT2D eigenvalue weighted by Crippen LogP contribution is -2.02. The van der Waals surface area contributed by atoms with Gasteiger partial charge in [0.1, 0.15) is 5.82 Å². The summed E-state index contributed by atoms with van der Waals surface area (Å²) in [6.45, 7) is 0. The van der Waals surface area contributed by atoms with E-state index in [9.17, 15) is 14.3 Å². The second kappa shape index (κ2) is 4.51. The molecule has 0 aliphatic heterocycles. The molecule has 19 heavy (non-hydrogen) atoms. The number of ketones is 1. The summed E-state index contributed by atoms with van der Waals surface area (Å²) in [5.41, 5.74) is 1.04. The molecule has 2 N–H and O–H groups in total. The summed E-state index contributed by atoms with van der Waals surface area (Å²) in [4.78, 5) is 15.1. The van der Waals surface area contributed by atoms with Crippen molar-refractivity contribution >= 4 is 27.2 Å². The smallest absolute Gasteiger partial charge is 0.183 e. The quantitative estimate of drug-likeness (QED) is 0.719. The van der Waals surface area contributed by atoms with Gasteiger partial charge in [-0.3, -0.25) is 4.79 Å². The maximum atomic E-state index is 13.3. The molecule has 0 fully saturated rings. The number of fused-ring (bicyclic) bond motifs is 1. The first-order valence-electron chi connectivity index (χ1n) is 5.71. The lowest BCUT2D eigenvalue weighted by Gasteiger charge is -1.99. The van der Waals surface area contributed by atoms with E-state index in [0.717, 1.165) is 16.9 Å². The van der Waals surface area contributed by atoms with Crippen LogP contribution in [0.4, 0.5) is 4.39 Å². The van der Waals surface area contributed by atoms with E-state index in [0.29, 0.717) is 10.1 Å². The molecular weight excluding hydrogens is 265 g/mol. The van der Waals surface area contributed by atoms with Gasteiger partial charge < -0.3 is 10.1 Å². The largest absolute Gasteiger partial charge is 0.499 e. The number of hydrogen-bond donors (Lipinski definition) is 2. The first-order chi connectivity index (χ1) is 9.15. The Kier molecular flexibility index (Phi) is 2.83. The fourth-order valence-corrected chi connectivity index (χ4v) is 3.01. The van der Waals surface area contributed by atoms with Gasteiger partial charge in [-0.1, -0.05) is 11.3 Å². The van der Waals surface area contributed by atoms with Gasteiger partial charge in [0, 0.05) is 28.9 Å². The van der Waals surface area contributed by atoms with Gasteiger partial charge >= 0.3 is 0 Å². The van der Waals surface area contributed by atoms with Crippen LogP contribution in [-0.2, 0) is 6.42 Å². The second-order valence-corrected chi connectivity index (χ2v) is 5.27. The van der Waals surface area contributed by atoms with E-state index in [2.05, 4.69) is 4.98 Å². The van der Waals surface area contributed by atoms with Crippen LogP contribution in [0.15, 0.2) is 36.7 Å². The molecular formula is C14H10FNO2S. The highest BCUT2D eigenvalue weighted by molar-refractivity contribution is 7.21. The monoisotopic (exact) mass is 275 g/mol. The predicted molar refractivity (Wildman–Crippen MR) is 72.3 cm³/mol. The number of Topliss-reactive ketones (excluding diaryl/α,β-unsaturated/α-hetero) is 1. The van der Waals surface area contributed by atoms with Crippen molar-refractivity contribution in [2.75, 3.05) is 0 Å². The Morgan fingerprint density at radius 1 is 1.37 bits per heavy atom. The Hall–Kier alpha value is -2.14. The summed E-state index contributed by atoms with van der Waals surface area (Å²) in [6, 6.07) is 5.97. The van der Waals surface area contributed by atoms with E-state index in [1.165, 1.54) is 12.1 Å². The van der Waals surface area contributed by atoms with E-state index in [4.69, 9.17) is 0 Å². The summed E-state index contributed by atoms with van der Waals surface area (Å²) in [7, 11) is 0. The number of halogens is 1. The normalized spacial score (nSPS) is 11.0. The molecule has 0 unspecified atom stereocenters. The van der Waals surface area contributed by atoms with Crippen LogP contribution in [0, 0.1) is 5.82 Å². The van der Waals surface area contributed by atoms with Crippen molar-refractivity contribution in [3.05, 3.63) is 53.6 Å². The van der Waals surface area contributed by atoms with Crippen molar-refractivity contribution < 1.29 is 14.3 Å². The van der Waals surface area contributed by atoms with E-state index in [1.807, 2.05) is 0 Å². The maximum Gasteiger partial charge on any atom is 0.183 e. The van der Waals surface area contributed by atoms with E-state index in [1.54, 1.807) is 24.5 Å². The fraction of sp³-hybridized carbons (Fsp3) is 0.0714. The van der Waals surface area contributed by atoms with Crippen molar-refractivity contribution in [3.63, 3.8) is 0 Å². The lowest BCUT2D eigenvalue weighted by molar-refractivity contribution is 0.0993. The van der Waals surface area contributed by atoms with Crippen LogP contribution in [0.5, 0.6) is 5.06 Å². The van der Waals surface area contributed by atoms with Gasteiger partial charge in [-0.05, 0) is 29.8 Å². The van der Waals surface area contributed by atoms with Crippen molar-refractivity contribution in [3.8, 4) is 5.06 Å². The third-order valence-electron chi connectivity index (χ3n) is 2.94. The highest BCUT2D eigenvalue weighted by Crippen LogP contribution is 2.37. The number of rotatable bonds is 3. The highest BCUT2D eigenvalue weighted by atomic mass is 32.1. The Morgan fingerprint density at radius 2 is 2.21 bits per heavy atom. The van der Waals surface area contributed by atoms with E-state index in [-0.39, 0.29) is 22.8 Å². The molecule has 5 heteroatoms. The van der Waals surface area contributed by atoms with Gasteiger partial charge in [-0.15, -0.1) is 0 Å². The number of aromatic hydroxyl groups is 1. The second-order valence-electron chi connectivity index (χ2n) is 4.24. The van der Waals surface area contributed by atoms with Crippen molar-refractivity contribution in [1.82, 2.24) is 4.98 Å². The fourth-order valence-electron chi connectivity index (χ4n) is 2.07. The number of carbonyl (C=O) groups excluding carboxylic acids is 1. The van der Waals surface area contributed by atoms with Crippen LogP contribution in [0.3, 0.4) is 0 Å². The molecule has 96 valence electrons. The summed E-state index contributed by atoms with van der Waals surface area (Å²) < 4.78 is 14.0. The highest BCUT2D eigenvalue weighted by Gasteiger charge is 2.19. The third kappa shape index (κ3) is 2.13. The Labute approximate surface area is 112 Å². The molecule has 2 aromatic heterocycles. The molecule has 0 aliphatic rings. The van der Waals surface area contributed by atoms with Gasteiger partial charge in [0.25, 0.3) is 0 Å². The Morgan fingerprint density at radius 3 is 2.95 bits per heavy atom. The molecule has 2 heterocycles. The van der Waals surface area contributed by atoms with E-state index >= 15 is 0 Å². The predicted octanol–water partition coefficient (Wildman–Crippen LogP) is 3.50. The Balaban J connectivity index is 2.06. The molecule has 1 aromatic carbocycles. The SMILES string of the molecule is O=C(Cc1cc[nH]c1)c1c(O)sc2ccc(F)cc12. The van der Waals surface area contributed by atoms with Crippen molar-refractivity contribution in [2.45, 2.75) is 6.42 Å². The molecule has 0 radical (unpaired) electrons. The first kappa shape index (κ1) is 11.9. The summed E-state index contributed by atoms with van der Waals surface area (Å²) in [6.07, 6.45) is 3.64. The first-order valence-corrected chi connectivity index (χ1v) is 6.52. The van der Waals surface area contributed by atoms with Crippen LogP contribution < -0.4 is 0 Å². The number of nitrogens with one attached hydrogen (secondary N) is 1. The minimum atomic E-state index is -0.416. The molecule has 0 bridgehead atoms. The summed E-state index contributed by atoms with van der Waals surface area (Å²) >= 11 is 1.09. The van der Waals surface area contributed by atoms with Crippen LogP contribution in [0.25, 0.3) is 10.1 Å². The van der Waals surface area contributed by atoms with Crippen LogP contribution in [0.1, 0.15) is 15.9 Å². The number of aromatic nitrogens is 1. The number of thiophene rings is 1. The number of hydrogen-bond acceptors (Lipinski definition) is 3. The molecule has 0 aliphatic carbocycles. The number of benzene rings is 1. The van der Waals surface area contributed by atoms with E-state index < -0.39 is 5.82 Å². The molecule has 0 atom stereocenters. The maximum absolute atomic E-state index is 13.3. The summed E-state index contributed by atoms with van der Waals surface area (Å²) in [5, 5.41) is 10.3. The average molecular weight is 275 g/mol. The topological polar surface area (TPSA) is 53.1 Å². The van der Waals surface area contributed by atoms with Gasteiger partial charge in [0.15, 0.2) is 10.8 Å². The number of aromatic amines is 1. The van der Waals surface area contributed by atoms with Crippen LogP contribution in [0.2, 0.25) is 0 Å². The van der Waals surface area contributed by atoms with Crippen molar-refractivity contribution in [2.24, 2.45) is 0 Å². The van der Waals surface area contributed by atoms with Gasteiger partial charge in [-0.2, -0.15) is 0 Å². The zero-order valence-electron chi connectivity index (χ0n) is 9.81. The average Bonchev–Trinajstić information content (AvgIpc) is 2.95. The zero-order chi connectivity index (χ0) is 13.4. The van der Waals surface area contributed by atoms with Gasteiger partial charge in [-0.25, -0.2) is 4.39 Å². The minimum Gasteiger partial charge on any atom is -0.499 e. The number of carbonyl (C=O) groups is 1. The minimum absolute atomic E-state index is 0.0545. The molecule has 0 saturated carbocycles.